The summed E-state index contributed by atoms with van der Waals surface area (Å²) in [5.41, 5.74) is 0.102. The molecule has 1 aromatic carbocycles. The van der Waals surface area contributed by atoms with E-state index < -0.39 is 5.54 Å². The van der Waals surface area contributed by atoms with Gasteiger partial charge < -0.3 is 15.5 Å². The highest BCUT2D eigenvalue weighted by atomic mass is 79.9. The van der Waals surface area contributed by atoms with Crippen molar-refractivity contribution in [1.29, 1.82) is 0 Å². The number of amides is 2. The van der Waals surface area contributed by atoms with Crippen molar-refractivity contribution < 1.29 is 9.59 Å². The Balaban J connectivity index is 1.98. The monoisotopic (exact) mass is 339 g/mol. The molecule has 0 unspecified atom stereocenters. The van der Waals surface area contributed by atoms with Gasteiger partial charge in [0.1, 0.15) is 0 Å². The lowest BCUT2D eigenvalue weighted by molar-refractivity contribution is -0.142. The maximum Gasteiger partial charge on any atom is 0.244 e. The van der Waals surface area contributed by atoms with Gasteiger partial charge in [-0.2, -0.15) is 0 Å². The highest BCUT2D eigenvalue weighted by Gasteiger charge is 2.35. The van der Waals surface area contributed by atoms with Crippen LogP contribution in [-0.2, 0) is 9.59 Å². The van der Waals surface area contributed by atoms with E-state index in [-0.39, 0.29) is 18.4 Å². The predicted molar refractivity (Wildman–Crippen MR) is 81.4 cm³/mol. The molecule has 0 radical (unpaired) electrons. The molecule has 2 amide bonds. The predicted octanol–water partition coefficient (Wildman–Crippen LogP) is 1.60. The zero-order valence-corrected chi connectivity index (χ0v) is 13.2. The van der Waals surface area contributed by atoms with Crippen LogP contribution in [0.3, 0.4) is 0 Å². The third-order valence-corrected chi connectivity index (χ3v) is 3.94. The minimum atomic E-state index is -0.605. The molecule has 1 fully saturated rings. The number of benzene rings is 1. The molecule has 108 valence electrons. The number of rotatable bonds is 3. The van der Waals surface area contributed by atoms with Crippen LogP contribution >= 0.6 is 15.9 Å². The second-order valence-corrected chi connectivity index (χ2v) is 6.16. The number of nitrogens with one attached hydrogen (secondary N) is 2. The van der Waals surface area contributed by atoms with E-state index in [1.807, 2.05) is 38.1 Å². The lowest BCUT2D eigenvalue weighted by atomic mass is 10.0. The second kappa shape index (κ2) is 5.93. The number of carbonyl (C=O) groups is 2. The molecule has 6 heteroatoms. The fourth-order valence-corrected chi connectivity index (χ4v) is 2.54. The summed E-state index contributed by atoms with van der Waals surface area (Å²) in [7, 11) is 0. The van der Waals surface area contributed by atoms with Gasteiger partial charge in [-0.3, -0.25) is 9.59 Å². The number of hydrogen-bond acceptors (Lipinski definition) is 3. The fourth-order valence-electron chi connectivity index (χ4n) is 2.15. The van der Waals surface area contributed by atoms with Gasteiger partial charge in [-0.1, -0.05) is 12.1 Å². The van der Waals surface area contributed by atoms with Crippen LogP contribution in [0.5, 0.6) is 0 Å². The maximum atomic E-state index is 12.2. The van der Waals surface area contributed by atoms with Gasteiger partial charge in [-0.25, -0.2) is 0 Å². The molecule has 1 aliphatic rings. The van der Waals surface area contributed by atoms with E-state index in [2.05, 4.69) is 26.6 Å². The van der Waals surface area contributed by atoms with Crippen molar-refractivity contribution in [2.45, 2.75) is 19.4 Å². The smallest absolute Gasteiger partial charge is 0.244 e. The Morgan fingerprint density at radius 2 is 2.15 bits per heavy atom. The van der Waals surface area contributed by atoms with Gasteiger partial charge in [0.05, 0.1) is 17.8 Å². The van der Waals surface area contributed by atoms with E-state index in [0.29, 0.717) is 18.8 Å². The molecule has 5 nitrogen and oxygen atoms in total. The van der Waals surface area contributed by atoms with Crippen LogP contribution in [0, 0.1) is 0 Å². The summed E-state index contributed by atoms with van der Waals surface area (Å²) in [6, 6.07) is 7.39. The second-order valence-electron chi connectivity index (χ2n) is 5.31. The zero-order valence-electron chi connectivity index (χ0n) is 11.6. The Labute approximate surface area is 126 Å². The van der Waals surface area contributed by atoms with E-state index in [1.165, 1.54) is 0 Å². The highest BCUT2D eigenvalue weighted by molar-refractivity contribution is 9.10. The summed E-state index contributed by atoms with van der Waals surface area (Å²) < 4.78 is 0.820. The Kier molecular flexibility index (Phi) is 4.45. The van der Waals surface area contributed by atoms with Gasteiger partial charge in [0, 0.05) is 17.6 Å². The number of piperazine rings is 1. The minimum absolute atomic E-state index is 0.0500. The topological polar surface area (TPSA) is 61.4 Å². The Morgan fingerprint density at radius 1 is 1.45 bits per heavy atom. The van der Waals surface area contributed by atoms with Gasteiger partial charge in [0.25, 0.3) is 0 Å². The number of nitrogens with zero attached hydrogens (tertiary/aromatic N) is 1. The van der Waals surface area contributed by atoms with Crippen LogP contribution in [0.25, 0.3) is 0 Å². The number of anilines is 1. The van der Waals surface area contributed by atoms with Crippen molar-refractivity contribution in [2.75, 3.05) is 25.0 Å². The first-order valence-corrected chi connectivity index (χ1v) is 7.28. The summed E-state index contributed by atoms with van der Waals surface area (Å²) in [4.78, 5) is 25.8. The lowest BCUT2D eigenvalue weighted by Crippen LogP contribution is -2.62. The van der Waals surface area contributed by atoms with Gasteiger partial charge in [-0.15, -0.1) is 0 Å². The number of halogens is 1. The molecule has 1 heterocycles. The van der Waals surface area contributed by atoms with E-state index >= 15 is 0 Å². The normalized spacial score (nSPS) is 17.9. The molecule has 0 spiro atoms. The van der Waals surface area contributed by atoms with Crippen molar-refractivity contribution in [3.8, 4) is 0 Å². The van der Waals surface area contributed by atoms with Gasteiger partial charge in [-0.05, 0) is 41.9 Å². The summed E-state index contributed by atoms with van der Waals surface area (Å²) in [6.07, 6.45) is 0. The molecule has 2 rings (SSSR count). The standard InChI is InChI=1S/C14H18BrN3O2/c1-14(2)13(20)18(8-7-16-14)9-12(19)17-11-6-4-3-5-10(11)15/h3-6,16H,7-9H2,1-2H3,(H,17,19). The summed E-state index contributed by atoms with van der Waals surface area (Å²) in [5.74, 6) is -0.242. The Morgan fingerprint density at radius 3 is 2.85 bits per heavy atom. The van der Waals surface area contributed by atoms with Gasteiger partial charge in [0.15, 0.2) is 0 Å². The van der Waals surface area contributed by atoms with E-state index in [4.69, 9.17) is 0 Å². The van der Waals surface area contributed by atoms with Crippen molar-refractivity contribution >= 4 is 33.4 Å². The van der Waals surface area contributed by atoms with Crippen LogP contribution in [0.2, 0.25) is 0 Å². The van der Waals surface area contributed by atoms with Crippen LogP contribution in [0.15, 0.2) is 28.7 Å². The first-order chi connectivity index (χ1) is 9.40. The molecule has 1 aromatic rings. The third kappa shape index (κ3) is 3.37. The van der Waals surface area contributed by atoms with Crippen molar-refractivity contribution in [3.05, 3.63) is 28.7 Å². The van der Waals surface area contributed by atoms with E-state index in [9.17, 15) is 9.59 Å². The van der Waals surface area contributed by atoms with Gasteiger partial charge in [0.2, 0.25) is 11.8 Å². The quantitative estimate of drug-likeness (QED) is 0.879. The van der Waals surface area contributed by atoms with Crippen molar-refractivity contribution in [1.82, 2.24) is 10.2 Å². The number of carbonyl (C=O) groups excluding carboxylic acids is 2. The molecule has 0 aromatic heterocycles. The zero-order chi connectivity index (χ0) is 14.8. The van der Waals surface area contributed by atoms with Crippen LogP contribution in [0.1, 0.15) is 13.8 Å². The maximum absolute atomic E-state index is 12.2. The highest BCUT2D eigenvalue weighted by Crippen LogP contribution is 2.21. The average molecular weight is 340 g/mol. The average Bonchev–Trinajstić information content (AvgIpc) is 2.38. The molecule has 1 saturated heterocycles. The van der Waals surface area contributed by atoms with E-state index in [1.54, 1.807) is 4.90 Å². The molecular formula is C14H18BrN3O2. The molecule has 0 aliphatic carbocycles. The van der Waals surface area contributed by atoms with Crippen LogP contribution in [-0.4, -0.2) is 41.9 Å². The molecule has 1 aliphatic heterocycles. The molecule has 0 atom stereocenters. The van der Waals surface area contributed by atoms with Crippen LogP contribution < -0.4 is 10.6 Å². The molecule has 2 N–H and O–H groups in total. The van der Waals surface area contributed by atoms with Gasteiger partial charge >= 0.3 is 0 Å². The first kappa shape index (κ1) is 15.0. The summed E-state index contributed by atoms with van der Waals surface area (Å²) in [5, 5.41) is 5.95. The summed E-state index contributed by atoms with van der Waals surface area (Å²) >= 11 is 3.37. The molecule has 0 saturated carbocycles. The number of para-hydroxylation sites is 1. The minimum Gasteiger partial charge on any atom is -0.331 e. The SMILES string of the molecule is CC1(C)NCCN(CC(=O)Nc2ccccc2Br)C1=O. The third-order valence-electron chi connectivity index (χ3n) is 3.25. The Hall–Kier alpha value is -1.40. The molecule has 0 bridgehead atoms. The fraction of sp³-hybridized carbons (Fsp3) is 0.429. The molecule has 20 heavy (non-hydrogen) atoms. The largest absolute Gasteiger partial charge is 0.331 e. The first-order valence-electron chi connectivity index (χ1n) is 6.49. The molecular weight excluding hydrogens is 322 g/mol. The summed E-state index contributed by atoms with van der Waals surface area (Å²) in [6.45, 7) is 4.97. The van der Waals surface area contributed by atoms with E-state index in [0.717, 1.165) is 4.47 Å². The Bertz CT molecular complexity index is 531. The van der Waals surface area contributed by atoms with Crippen molar-refractivity contribution in [2.24, 2.45) is 0 Å². The lowest BCUT2D eigenvalue weighted by Gasteiger charge is -2.37. The number of hydrogen-bond donors (Lipinski definition) is 2. The van der Waals surface area contributed by atoms with Crippen LogP contribution in [0.4, 0.5) is 5.69 Å². The van der Waals surface area contributed by atoms with Crippen molar-refractivity contribution in [3.63, 3.8) is 0 Å².